The number of benzene rings is 1. The molecule has 1 saturated heterocycles. The lowest BCUT2D eigenvalue weighted by atomic mass is 10.1. The summed E-state index contributed by atoms with van der Waals surface area (Å²) in [6, 6.07) is 13.1. The summed E-state index contributed by atoms with van der Waals surface area (Å²) in [5.74, 6) is 0.886. The Labute approximate surface area is 159 Å². The molecule has 0 atom stereocenters. The van der Waals surface area contributed by atoms with E-state index < -0.39 is 0 Å². The second-order valence-electron chi connectivity index (χ2n) is 6.59. The number of hydrogen-bond acceptors (Lipinski definition) is 4. The summed E-state index contributed by atoms with van der Waals surface area (Å²) in [6.07, 6.45) is 3.59. The summed E-state index contributed by atoms with van der Waals surface area (Å²) in [6.45, 7) is 2.45. The monoisotopic (exact) mass is 367 g/mol. The molecule has 0 bridgehead atoms. The Kier molecular flexibility index (Phi) is 6.41. The predicted molar refractivity (Wildman–Crippen MR) is 103 cm³/mol. The van der Waals surface area contributed by atoms with Gasteiger partial charge in [0.1, 0.15) is 11.4 Å². The van der Waals surface area contributed by atoms with Crippen molar-refractivity contribution in [3.63, 3.8) is 0 Å². The van der Waals surface area contributed by atoms with Crippen LogP contribution >= 0.6 is 0 Å². The van der Waals surface area contributed by atoms with Gasteiger partial charge in [-0.15, -0.1) is 0 Å². The zero-order valence-electron chi connectivity index (χ0n) is 15.6. The second-order valence-corrected chi connectivity index (χ2v) is 6.59. The van der Waals surface area contributed by atoms with Crippen molar-refractivity contribution in [2.45, 2.75) is 19.3 Å². The molecule has 0 radical (unpaired) electrons. The summed E-state index contributed by atoms with van der Waals surface area (Å²) in [5.41, 5.74) is 1.57. The highest BCUT2D eigenvalue weighted by molar-refractivity contribution is 5.92. The largest absolute Gasteiger partial charge is 0.497 e. The van der Waals surface area contributed by atoms with E-state index in [0.29, 0.717) is 44.7 Å². The smallest absolute Gasteiger partial charge is 0.272 e. The molecule has 1 aromatic carbocycles. The number of amides is 2. The number of aromatic nitrogens is 1. The Morgan fingerprint density at radius 1 is 1.00 bits per heavy atom. The first-order valence-electron chi connectivity index (χ1n) is 9.28. The molecule has 2 amide bonds. The zero-order valence-corrected chi connectivity index (χ0v) is 15.6. The van der Waals surface area contributed by atoms with Crippen LogP contribution in [0.4, 0.5) is 0 Å². The van der Waals surface area contributed by atoms with Gasteiger partial charge in [-0.05, 0) is 42.7 Å². The Hall–Kier alpha value is -2.89. The molecule has 1 aromatic heterocycles. The normalized spacial score (nSPS) is 14.6. The molecule has 1 aliphatic heterocycles. The molecule has 1 aliphatic rings. The highest BCUT2D eigenvalue weighted by Crippen LogP contribution is 2.14. The molecule has 0 saturated carbocycles. The minimum atomic E-state index is -0.0665. The zero-order chi connectivity index (χ0) is 19.1. The molecule has 0 N–H and O–H groups in total. The van der Waals surface area contributed by atoms with Gasteiger partial charge >= 0.3 is 0 Å². The average Bonchev–Trinajstić information content (AvgIpc) is 2.99. The third-order valence-corrected chi connectivity index (χ3v) is 4.81. The van der Waals surface area contributed by atoms with Crippen LogP contribution in [-0.2, 0) is 11.2 Å². The van der Waals surface area contributed by atoms with Crippen molar-refractivity contribution in [2.75, 3.05) is 33.3 Å². The van der Waals surface area contributed by atoms with Crippen molar-refractivity contribution < 1.29 is 14.3 Å². The van der Waals surface area contributed by atoms with E-state index in [2.05, 4.69) is 4.98 Å². The molecule has 6 heteroatoms. The van der Waals surface area contributed by atoms with Crippen LogP contribution in [0.3, 0.4) is 0 Å². The first kappa shape index (κ1) is 18.9. The minimum Gasteiger partial charge on any atom is -0.497 e. The van der Waals surface area contributed by atoms with Crippen molar-refractivity contribution in [3.05, 3.63) is 59.9 Å². The first-order chi connectivity index (χ1) is 13.2. The fraction of sp³-hybridized carbons (Fsp3) is 0.381. The Morgan fingerprint density at radius 2 is 1.74 bits per heavy atom. The number of carbonyl (C=O) groups is 2. The molecule has 27 heavy (non-hydrogen) atoms. The Morgan fingerprint density at radius 3 is 2.44 bits per heavy atom. The van der Waals surface area contributed by atoms with Gasteiger partial charge in [-0.25, -0.2) is 0 Å². The molecule has 2 heterocycles. The molecule has 6 nitrogen and oxygen atoms in total. The number of aryl methyl sites for hydroxylation is 1. The fourth-order valence-corrected chi connectivity index (χ4v) is 3.22. The summed E-state index contributed by atoms with van der Waals surface area (Å²) in [4.78, 5) is 32.9. The van der Waals surface area contributed by atoms with E-state index in [1.807, 2.05) is 35.2 Å². The summed E-state index contributed by atoms with van der Waals surface area (Å²) < 4.78 is 5.15. The van der Waals surface area contributed by atoms with Crippen molar-refractivity contribution in [2.24, 2.45) is 0 Å². The molecule has 0 aliphatic carbocycles. The summed E-state index contributed by atoms with van der Waals surface area (Å²) >= 11 is 0. The maximum Gasteiger partial charge on any atom is 0.272 e. The van der Waals surface area contributed by atoms with E-state index in [0.717, 1.165) is 17.7 Å². The van der Waals surface area contributed by atoms with Gasteiger partial charge < -0.3 is 14.5 Å². The van der Waals surface area contributed by atoms with Crippen LogP contribution in [0.1, 0.15) is 28.9 Å². The molecular formula is C21H25N3O3. The van der Waals surface area contributed by atoms with E-state index in [4.69, 9.17) is 4.74 Å². The van der Waals surface area contributed by atoms with Gasteiger partial charge in [0, 0.05) is 38.8 Å². The van der Waals surface area contributed by atoms with Crippen LogP contribution in [0, 0.1) is 0 Å². The quantitative estimate of drug-likeness (QED) is 0.814. The maximum atomic E-state index is 12.6. The third kappa shape index (κ3) is 5.06. The van der Waals surface area contributed by atoms with E-state index in [9.17, 15) is 9.59 Å². The van der Waals surface area contributed by atoms with Crippen LogP contribution in [0.15, 0.2) is 48.7 Å². The van der Waals surface area contributed by atoms with Crippen LogP contribution in [0.25, 0.3) is 0 Å². The summed E-state index contributed by atoms with van der Waals surface area (Å²) in [7, 11) is 1.64. The van der Waals surface area contributed by atoms with Gasteiger partial charge in [0.05, 0.1) is 7.11 Å². The van der Waals surface area contributed by atoms with Gasteiger partial charge in [0.25, 0.3) is 5.91 Å². The van der Waals surface area contributed by atoms with Gasteiger partial charge in [0.15, 0.2) is 0 Å². The average molecular weight is 367 g/mol. The van der Waals surface area contributed by atoms with Crippen molar-refractivity contribution in [1.29, 1.82) is 0 Å². The minimum absolute atomic E-state index is 0.0665. The van der Waals surface area contributed by atoms with Crippen LogP contribution in [0.2, 0.25) is 0 Å². The van der Waals surface area contributed by atoms with Crippen molar-refractivity contribution >= 4 is 11.8 Å². The highest BCUT2D eigenvalue weighted by atomic mass is 16.5. The first-order valence-corrected chi connectivity index (χ1v) is 9.28. The predicted octanol–water partition coefficient (Wildman–Crippen LogP) is 2.40. The molecule has 142 valence electrons. The van der Waals surface area contributed by atoms with Crippen LogP contribution < -0.4 is 4.74 Å². The molecule has 2 aromatic rings. The van der Waals surface area contributed by atoms with Gasteiger partial charge in [-0.2, -0.15) is 0 Å². The van der Waals surface area contributed by atoms with Crippen molar-refractivity contribution in [1.82, 2.24) is 14.8 Å². The Bertz CT molecular complexity index is 762. The summed E-state index contributed by atoms with van der Waals surface area (Å²) in [5, 5.41) is 0. The van der Waals surface area contributed by atoms with Gasteiger partial charge in [-0.3, -0.25) is 14.6 Å². The van der Waals surface area contributed by atoms with Gasteiger partial charge in [-0.1, -0.05) is 18.2 Å². The molecule has 1 fully saturated rings. The maximum absolute atomic E-state index is 12.6. The second kappa shape index (κ2) is 9.16. The number of pyridine rings is 1. The number of nitrogens with zero attached hydrogens (tertiary/aromatic N) is 3. The molecule has 0 unspecified atom stereocenters. The molecular weight excluding hydrogens is 342 g/mol. The lowest BCUT2D eigenvalue weighted by molar-refractivity contribution is -0.131. The molecule has 0 spiro atoms. The standard InChI is InChI=1S/C21H25N3O3/c1-27-18-9-6-17(7-10-18)8-11-20(25)23-13-4-14-24(16-15-23)21(26)19-5-2-3-12-22-19/h2-3,5-7,9-10,12H,4,8,11,13-16H2,1H3. The third-order valence-electron chi connectivity index (χ3n) is 4.81. The lowest BCUT2D eigenvalue weighted by Crippen LogP contribution is -2.37. The number of rotatable bonds is 5. The SMILES string of the molecule is COc1ccc(CCC(=O)N2CCCN(C(=O)c3ccccn3)CC2)cc1. The molecule has 3 rings (SSSR count). The topological polar surface area (TPSA) is 62.7 Å². The lowest BCUT2D eigenvalue weighted by Gasteiger charge is -2.22. The van der Waals surface area contributed by atoms with Gasteiger partial charge in [0.2, 0.25) is 5.91 Å². The van der Waals surface area contributed by atoms with E-state index >= 15 is 0 Å². The highest BCUT2D eigenvalue weighted by Gasteiger charge is 2.23. The van der Waals surface area contributed by atoms with E-state index in [-0.39, 0.29) is 11.8 Å². The number of methoxy groups -OCH3 is 1. The number of hydrogen-bond donors (Lipinski definition) is 0. The number of carbonyl (C=O) groups excluding carboxylic acids is 2. The van der Waals surface area contributed by atoms with Crippen LogP contribution in [0.5, 0.6) is 5.75 Å². The van der Waals surface area contributed by atoms with Crippen LogP contribution in [-0.4, -0.2) is 59.9 Å². The van der Waals surface area contributed by atoms with E-state index in [1.165, 1.54) is 0 Å². The van der Waals surface area contributed by atoms with E-state index in [1.54, 1.807) is 30.3 Å². The van der Waals surface area contributed by atoms with Crippen molar-refractivity contribution in [3.8, 4) is 5.75 Å². The Balaban J connectivity index is 1.51. The fourth-order valence-electron chi connectivity index (χ4n) is 3.22. The number of ether oxygens (including phenoxy) is 1.